The van der Waals surface area contributed by atoms with Crippen molar-refractivity contribution < 1.29 is 86.6 Å². The number of aliphatic imine (C=N–C) groups is 1. The predicted octanol–water partition coefficient (Wildman–Crippen LogP) is -8.67. The third kappa shape index (κ3) is 30.1. The minimum Gasteiger partial charge on any atom is -0.481 e. The number of hydrogen-bond acceptors (Lipinski definition) is 24. The summed E-state index contributed by atoms with van der Waals surface area (Å²) in [6, 6.07) is -3.83. The van der Waals surface area contributed by atoms with Gasteiger partial charge in [-0.15, -0.1) is 0 Å². The first kappa shape index (κ1) is 81.1. The largest absolute Gasteiger partial charge is 0.481 e. The van der Waals surface area contributed by atoms with Gasteiger partial charge in [-0.25, -0.2) is 0 Å². The Bertz CT molecular complexity index is 3030. The third-order valence-electron chi connectivity index (χ3n) is 13.6. The van der Waals surface area contributed by atoms with Crippen LogP contribution < -0.4 is 97.0 Å². The quantitative estimate of drug-likeness (QED) is 0.00962. The molecule has 95 heavy (non-hydrogen) atoms. The number of likely N-dealkylation sites (N-methyl/N-ethyl adjacent to an activating group) is 1. The molecule has 2 aromatic rings. The predicted molar refractivity (Wildman–Crippen MR) is 337 cm³/mol. The molecule has 2 rings (SSSR count). The molecule has 524 valence electrons. The number of aromatic amines is 1. The number of nitrogens with one attached hydrogen (secondary N) is 16. The maximum Gasteiger partial charge on any atom is 0.303 e. The van der Waals surface area contributed by atoms with E-state index in [0.717, 1.165) is 24.8 Å². The fraction of sp³-hybridized carbons (Fsp3) is 0.544. The number of nitrogens with zero attached hydrogens (tertiary/aromatic N) is 1. The molecular formula is C57H88N20O18. The Kier molecular flexibility index (Phi) is 36.1. The van der Waals surface area contributed by atoms with Gasteiger partial charge in [0.05, 0.1) is 36.3 Å². The third-order valence-corrected chi connectivity index (χ3v) is 13.6. The Morgan fingerprint density at radius 2 is 0.916 bits per heavy atom. The molecule has 23 N–H and O–H groups in total. The molecule has 0 aliphatic carbocycles. The highest BCUT2D eigenvalue weighted by molar-refractivity contribution is 5.98. The van der Waals surface area contributed by atoms with Crippen molar-refractivity contribution in [1.82, 2.24) is 84.7 Å². The lowest BCUT2D eigenvalue weighted by molar-refractivity contribution is -0.138. The van der Waals surface area contributed by atoms with Gasteiger partial charge in [0, 0.05) is 50.5 Å². The molecule has 0 bridgehead atoms. The zero-order chi connectivity index (χ0) is 71.5. The zero-order valence-electron chi connectivity index (χ0n) is 53.4. The summed E-state index contributed by atoms with van der Waals surface area (Å²) < 4.78 is 0. The van der Waals surface area contributed by atoms with Crippen LogP contribution >= 0.6 is 0 Å². The van der Waals surface area contributed by atoms with Crippen molar-refractivity contribution in [1.29, 1.82) is 0 Å². The SMILES string of the molecule is CNC(=O)[C@@H](NC(=O)[C@@H](NC(=O)[C@@H](NC(=O)[C@@H](NC(=O)[C@@H](NC(=O)[C@H](C)NC(=O)[C@@H](NC(=O)[C@H](C)NC(C)=O)N[C@@H](C=O)Cc1c[nH]c2ccccc12)N[C@@H](C)C=O)N[C@@H](C=O)CCC(N)=O)N[C@@H](C=O)CCC(=O)O)N[C@@H](C=O)CC(C)C)N[C@@H](C=O)CCCN=C(N)N. The van der Waals surface area contributed by atoms with Crippen LogP contribution in [-0.2, 0) is 87.9 Å². The van der Waals surface area contributed by atoms with Crippen molar-refractivity contribution in [2.24, 2.45) is 28.1 Å². The first-order chi connectivity index (χ1) is 44.9. The molecule has 10 amide bonds. The number of para-hydroxylation sites is 1. The maximum atomic E-state index is 14.7. The van der Waals surface area contributed by atoms with Crippen LogP contribution in [-0.4, -0.2) is 218 Å². The van der Waals surface area contributed by atoms with Crippen molar-refractivity contribution in [2.45, 2.75) is 178 Å². The van der Waals surface area contributed by atoms with E-state index >= 15 is 0 Å². The number of carboxylic acids is 1. The number of carbonyl (C=O) groups excluding carboxylic acids is 16. The molecule has 0 saturated heterocycles. The number of aromatic nitrogens is 1. The van der Waals surface area contributed by atoms with E-state index in [0.29, 0.717) is 24.4 Å². The van der Waals surface area contributed by atoms with Crippen LogP contribution in [0.15, 0.2) is 35.5 Å². The highest BCUT2D eigenvalue weighted by atomic mass is 16.4. The number of aliphatic carboxylic acids is 1. The van der Waals surface area contributed by atoms with Gasteiger partial charge >= 0.3 is 5.97 Å². The average molecular weight is 1340 g/mol. The molecule has 0 saturated carbocycles. The van der Waals surface area contributed by atoms with E-state index in [1.54, 1.807) is 44.3 Å². The lowest BCUT2D eigenvalue weighted by Gasteiger charge is -2.31. The van der Waals surface area contributed by atoms with Gasteiger partial charge in [0.1, 0.15) is 49.8 Å². The zero-order valence-corrected chi connectivity index (χ0v) is 53.4. The fourth-order valence-corrected chi connectivity index (χ4v) is 8.81. The van der Waals surface area contributed by atoms with E-state index in [1.165, 1.54) is 20.9 Å². The second-order valence-corrected chi connectivity index (χ2v) is 22.1. The number of hydrogen-bond donors (Lipinski definition) is 20. The number of fused-ring (bicyclic) bond motifs is 1. The van der Waals surface area contributed by atoms with Crippen molar-refractivity contribution in [3.05, 3.63) is 36.0 Å². The van der Waals surface area contributed by atoms with Crippen LogP contribution in [0, 0.1) is 5.92 Å². The molecule has 38 heteroatoms. The number of amides is 10. The minimum atomic E-state index is -2.29. The molecule has 1 heterocycles. The molecule has 14 atom stereocenters. The molecule has 0 unspecified atom stereocenters. The Morgan fingerprint density at radius 1 is 0.505 bits per heavy atom. The number of guanidine groups is 1. The molecule has 0 aliphatic heterocycles. The summed E-state index contributed by atoms with van der Waals surface area (Å²) in [6.45, 7) is 8.26. The Hall–Kier alpha value is -10.0. The summed E-state index contributed by atoms with van der Waals surface area (Å²) in [5.74, 6) is -13.3. The van der Waals surface area contributed by atoms with E-state index in [1.807, 2.05) is 0 Å². The number of carboxylic acid groups (broad SMARTS) is 1. The summed E-state index contributed by atoms with van der Waals surface area (Å²) in [4.78, 5) is 229. The average Bonchev–Trinajstić information content (AvgIpc) is 1.92. The summed E-state index contributed by atoms with van der Waals surface area (Å²) >= 11 is 0. The Labute approximate surface area is 545 Å². The van der Waals surface area contributed by atoms with Crippen molar-refractivity contribution in [2.75, 3.05) is 13.6 Å². The minimum absolute atomic E-state index is 0.0237. The molecule has 0 spiro atoms. The normalized spacial score (nSPS) is 15.5. The second kappa shape index (κ2) is 42.3. The van der Waals surface area contributed by atoms with Gasteiger partial charge < -0.3 is 104 Å². The maximum absolute atomic E-state index is 14.7. The van der Waals surface area contributed by atoms with Crippen LogP contribution in [0.4, 0.5) is 0 Å². The van der Waals surface area contributed by atoms with Gasteiger partial charge in [-0.3, -0.25) is 89.6 Å². The number of H-pyrrole nitrogens is 1. The van der Waals surface area contributed by atoms with E-state index in [4.69, 9.17) is 17.2 Å². The van der Waals surface area contributed by atoms with Crippen LogP contribution in [0.5, 0.6) is 0 Å². The lowest BCUT2D eigenvalue weighted by atomic mass is 10.0. The van der Waals surface area contributed by atoms with Crippen LogP contribution in [0.1, 0.15) is 92.1 Å². The van der Waals surface area contributed by atoms with Crippen molar-refractivity contribution in [3.63, 3.8) is 0 Å². The van der Waals surface area contributed by atoms with Crippen LogP contribution in [0.2, 0.25) is 0 Å². The summed E-state index contributed by atoms with van der Waals surface area (Å²) in [7, 11) is 1.19. The van der Waals surface area contributed by atoms with Crippen molar-refractivity contribution in [3.8, 4) is 0 Å². The van der Waals surface area contributed by atoms with E-state index in [-0.39, 0.29) is 63.0 Å². The summed E-state index contributed by atoms with van der Waals surface area (Å²) in [6.07, 6.45) is -10.7. The van der Waals surface area contributed by atoms with Gasteiger partial charge in [-0.05, 0) is 76.8 Å². The van der Waals surface area contributed by atoms with Crippen LogP contribution in [0.3, 0.4) is 0 Å². The monoisotopic (exact) mass is 1340 g/mol. The number of primary amides is 1. The molecule has 0 fully saturated rings. The molecule has 0 aliphatic rings. The highest BCUT2D eigenvalue weighted by Crippen LogP contribution is 2.19. The Morgan fingerprint density at radius 3 is 1.35 bits per heavy atom. The first-order valence-corrected chi connectivity index (χ1v) is 29.9. The van der Waals surface area contributed by atoms with Crippen LogP contribution in [0.25, 0.3) is 10.9 Å². The number of nitrogens with two attached hydrogens (primary N) is 3. The van der Waals surface area contributed by atoms with Gasteiger partial charge in [-0.1, -0.05) is 32.0 Å². The standard InChI is InChI=1S/C57H88N20O18/c1-28(2)19-37(26-82)70-48(56(95)74-43(51(90)61-7)67-34(23-79)11-10-18-62-57(59)60)77-55(94)47(69-36(25-81)15-17-42(86)87)76-54(93)46(68-35(24-80)14-16-41(58)85)75-53(92)44(64-29(3)22-78)72-50(89)31(5)66-52(91)45(73-49(88)30(4)65-32(6)84)71-38(27-83)20-33-21-63-40-13-9-8-12-39(33)40/h8-9,12-13,21-31,34-38,43-48,63-64,67-71H,10-11,14-20H2,1-7H3,(H2,58,85)(H,61,90)(H,65,84)(H,66,91)(H,72,89)(H,73,88)(H,74,95)(H,75,92)(H,76,93)(H,77,94)(H,86,87)(H4,59,60,62)/t29-,30-,31-,34+,35+,36+,37+,38+,43+,44+,45+,46+,47+,48+/m0/s1. The molecule has 1 aromatic heterocycles. The van der Waals surface area contributed by atoms with E-state index in [2.05, 4.69) is 89.7 Å². The number of benzene rings is 1. The smallest absolute Gasteiger partial charge is 0.303 e. The molecule has 0 radical (unpaired) electrons. The summed E-state index contributed by atoms with van der Waals surface area (Å²) in [5.41, 5.74) is 17.5. The number of aldehydes is 6. The van der Waals surface area contributed by atoms with Gasteiger partial charge in [-0.2, -0.15) is 0 Å². The number of rotatable bonds is 48. The van der Waals surface area contributed by atoms with Gasteiger partial charge in [0.2, 0.25) is 23.6 Å². The summed E-state index contributed by atoms with van der Waals surface area (Å²) in [5, 5.41) is 46.2. The fourth-order valence-electron chi connectivity index (χ4n) is 8.81. The van der Waals surface area contributed by atoms with E-state index in [9.17, 15) is 86.6 Å². The second-order valence-electron chi connectivity index (χ2n) is 22.1. The molecular weight excluding hydrogens is 1250 g/mol. The molecule has 1 aromatic carbocycles. The van der Waals surface area contributed by atoms with Gasteiger partial charge in [0.25, 0.3) is 35.4 Å². The highest BCUT2D eigenvalue weighted by Gasteiger charge is 2.37. The van der Waals surface area contributed by atoms with E-state index < -0.39 is 176 Å². The Balaban J connectivity index is 2.70. The lowest BCUT2D eigenvalue weighted by Crippen LogP contribution is -2.69. The van der Waals surface area contributed by atoms with Crippen molar-refractivity contribution >= 4 is 120 Å². The number of carbonyl (C=O) groups is 17. The van der Waals surface area contributed by atoms with Gasteiger partial charge in [0.15, 0.2) is 43.0 Å². The topological polar surface area (TPSA) is 597 Å². The first-order valence-electron chi connectivity index (χ1n) is 29.9. The molecule has 38 nitrogen and oxygen atoms in total.